The average molecular weight is 498 g/mol. The summed E-state index contributed by atoms with van der Waals surface area (Å²) in [4.78, 5) is 26.7. The lowest BCUT2D eigenvalue weighted by atomic mass is 10.1. The number of pyridine rings is 1. The first-order chi connectivity index (χ1) is 16.6. The minimum atomic E-state index is -3.25. The molecule has 1 aliphatic heterocycles. The topological polar surface area (TPSA) is 133 Å². The van der Waals surface area contributed by atoms with Crippen LogP contribution in [-0.4, -0.2) is 65.9 Å². The minimum Gasteiger partial charge on any atom is -0.323 e. The molecule has 0 saturated carbocycles. The molecule has 0 atom stereocenters. The fourth-order valence-corrected chi connectivity index (χ4v) is 5.35. The van der Waals surface area contributed by atoms with Crippen LogP contribution in [-0.2, 0) is 24.1 Å². The van der Waals surface area contributed by atoms with Crippen LogP contribution in [0.25, 0.3) is 22.4 Å². The van der Waals surface area contributed by atoms with Crippen molar-refractivity contribution in [3.05, 3.63) is 46.9 Å². The molecule has 1 N–H and O–H groups in total. The number of rotatable bonds is 5. The smallest absolute Gasteiger partial charge is 0.323 e. The van der Waals surface area contributed by atoms with Crippen LogP contribution >= 0.6 is 0 Å². The zero-order valence-electron chi connectivity index (χ0n) is 20.0. The number of aryl methyl sites for hydroxylation is 3. The van der Waals surface area contributed by atoms with Crippen LogP contribution in [0.5, 0.6) is 0 Å². The zero-order chi connectivity index (χ0) is 24.9. The standard InChI is InChI=1S/C22H27N9O3S/c1-14-9-17(15-10-25-28(2)13-15)23-11-18(14)26-21-24-12-19-20(27-21)31(22(32)29(19)3)16-5-7-30(8-6-16)35(4,33)34/h9-13,16H,5-8H2,1-4H3,(H,24,26,27). The molecule has 0 amide bonds. The molecule has 4 aromatic heterocycles. The number of anilines is 2. The van der Waals surface area contributed by atoms with Crippen molar-refractivity contribution in [1.29, 1.82) is 0 Å². The van der Waals surface area contributed by atoms with Gasteiger partial charge >= 0.3 is 5.69 Å². The Morgan fingerprint density at radius 2 is 1.83 bits per heavy atom. The highest BCUT2D eigenvalue weighted by Gasteiger charge is 2.29. The van der Waals surface area contributed by atoms with Gasteiger partial charge in [0.15, 0.2) is 5.65 Å². The fraction of sp³-hybridized carbons (Fsp3) is 0.409. The van der Waals surface area contributed by atoms with Gasteiger partial charge in [-0.1, -0.05) is 0 Å². The van der Waals surface area contributed by atoms with Gasteiger partial charge in [-0.25, -0.2) is 22.5 Å². The lowest BCUT2D eigenvalue weighted by Crippen LogP contribution is -2.40. The molecule has 1 fully saturated rings. The van der Waals surface area contributed by atoms with Gasteiger partial charge in [-0.05, 0) is 31.4 Å². The first-order valence-electron chi connectivity index (χ1n) is 11.2. The number of nitrogens with one attached hydrogen (secondary N) is 1. The van der Waals surface area contributed by atoms with E-state index in [1.165, 1.54) is 15.1 Å². The number of hydrogen-bond acceptors (Lipinski definition) is 8. The number of imidazole rings is 1. The zero-order valence-corrected chi connectivity index (χ0v) is 20.8. The van der Waals surface area contributed by atoms with Crippen molar-refractivity contribution in [2.45, 2.75) is 25.8 Å². The Hall–Kier alpha value is -3.58. The van der Waals surface area contributed by atoms with Crippen molar-refractivity contribution in [2.24, 2.45) is 14.1 Å². The highest BCUT2D eigenvalue weighted by atomic mass is 32.2. The van der Waals surface area contributed by atoms with E-state index in [9.17, 15) is 13.2 Å². The number of fused-ring (bicyclic) bond motifs is 1. The number of nitrogens with zero attached hydrogens (tertiary/aromatic N) is 8. The first kappa shape index (κ1) is 23.2. The SMILES string of the molecule is Cc1cc(-c2cnn(C)c2)ncc1Nc1ncc2c(n1)n(C1CCN(S(C)(=O)=O)CC1)c(=O)n2C. The van der Waals surface area contributed by atoms with Crippen LogP contribution in [0.2, 0.25) is 0 Å². The number of piperidine rings is 1. The second-order valence-electron chi connectivity index (χ2n) is 8.92. The van der Waals surface area contributed by atoms with Gasteiger partial charge in [0.2, 0.25) is 16.0 Å². The molecule has 0 spiro atoms. The van der Waals surface area contributed by atoms with Crippen LogP contribution < -0.4 is 11.0 Å². The number of aromatic nitrogens is 7. The summed E-state index contributed by atoms with van der Waals surface area (Å²) >= 11 is 0. The third kappa shape index (κ3) is 4.32. The maximum atomic E-state index is 13.1. The summed E-state index contributed by atoms with van der Waals surface area (Å²) in [5.74, 6) is 0.351. The van der Waals surface area contributed by atoms with Gasteiger partial charge in [0.05, 0.1) is 36.2 Å². The lowest BCUT2D eigenvalue weighted by molar-refractivity contribution is 0.274. The van der Waals surface area contributed by atoms with E-state index >= 15 is 0 Å². The molecule has 12 nitrogen and oxygen atoms in total. The second kappa shape index (κ2) is 8.57. The van der Waals surface area contributed by atoms with Crippen LogP contribution in [0, 0.1) is 6.92 Å². The van der Waals surface area contributed by atoms with Gasteiger partial charge in [-0.3, -0.25) is 18.8 Å². The van der Waals surface area contributed by atoms with Crippen molar-refractivity contribution in [3.8, 4) is 11.3 Å². The largest absolute Gasteiger partial charge is 0.330 e. The molecule has 4 aromatic rings. The molecule has 5 rings (SSSR count). The monoisotopic (exact) mass is 497 g/mol. The Balaban J connectivity index is 1.44. The molecular weight excluding hydrogens is 470 g/mol. The Kier molecular flexibility index (Phi) is 5.68. The summed E-state index contributed by atoms with van der Waals surface area (Å²) < 4.78 is 30.1. The van der Waals surface area contributed by atoms with Crippen molar-refractivity contribution < 1.29 is 8.42 Å². The summed E-state index contributed by atoms with van der Waals surface area (Å²) in [6.07, 6.45) is 9.31. The summed E-state index contributed by atoms with van der Waals surface area (Å²) in [6, 6.07) is 1.82. The third-order valence-corrected chi connectivity index (χ3v) is 7.75. The molecule has 1 aliphatic rings. The van der Waals surface area contributed by atoms with Crippen molar-refractivity contribution in [1.82, 2.24) is 38.2 Å². The van der Waals surface area contributed by atoms with E-state index < -0.39 is 10.0 Å². The third-order valence-electron chi connectivity index (χ3n) is 6.45. The molecule has 0 aliphatic carbocycles. The Bertz CT molecular complexity index is 1580. The second-order valence-corrected chi connectivity index (χ2v) is 10.9. The molecule has 0 bridgehead atoms. The van der Waals surface area contributed by atoms with Gasteiger partial charge in [0, 0.05) is 45.0 Å². The van der Waals surface area contributed by atoms with Gasteiger partial charge in [0.25, 0.3) is 0 Å². The molecule has 5 heterocycles. The van der Waals surface area contributed by atoms with E-state index in [1.807, 2.05) is 26.2 Å². The highest BCUT2D eigenvalue weighted by Crippen LogP contribution is 2.27. The summed E-state index contributed by atoms with van der Waals surface area (Å²) in [5.41, 5.74) is 4.40. The Labute approximate surface area is 202 Å². The Morgan fingerprint density at radius 1 is 1.09 bits per heavy atom. The van der Waals surface area contributed by atoms with Crippen LogP contribution in [0.3, 0.4) is 0 Å². The van der Waals surface area contributed by atoms with Gasteiger partial charge in [-0.2, -0.15) is 10.1 Å². The maximum absolute atomic E-state index is 13.1. The number of hydrogen-bond donors (Lipinski definition) is 1. The molecule has 184 valence electrons. The van der Waals surface area contributed by atoms with Gasteiger partial charge < -0.3 is 5.32 Å². The molecular formula is C22H27N9O3S. The highest BCUT2D eigenvalue weighted by molar-refractivity contribution is 7.88. The van der Waals surface area contributed by atoms with Crippen molar-refractivity contribution in [2.75, 3.05) is 24.7 Å². The van der Waals surface area contributed by atoms with E-state index in [1.54, 1.807) is 34.9 Å². The molecule has 0 aromatic carbocycles. The van der Waals surface area contributed by atoms with Gasteiger partial charge in [-0.15, -0.1) is 0 Å². The van der Waals surface area contributed by atoms with E-state index in [-0.39, 0.29) is 11.7 Å². The summed E-state index contributed by atoms with van der Waals surface area (Å²) in [5, 5.41) is 7.41. The van der Waals surface area contributed by atoms with E-state index in [2.05, 4.69) is 25.4 Å². The predicted octanol–water partition coefficient (Wildman–Crippen LogP) is 1.57. The molecule has 0 unspecified atom stereocenters. The maximum Gasteiger partial charge on any atom is 0.330 e. The lowest BCUT2D eigenvalue weighted by Gasteiger charge is -2.30. The first-order valence-corrected chi connectivity index (χ1v) is 13.1. The normalized spacial score (nSPS) is 15.7. The van der Waals surface area contributed by atoms with Crippen molar-refractivity contribution in [3.63, 3.8) is 0 Å². The van der Waals surface area contributed by atoms with E-state index in [0.717, 1.165) is 22.5 Å². The van der Waals surface area contributed by atoms with Gasteiger partial charge in [0.1, 0.15) is 5.52 Å². The summed E-state index contributed by atoms with van der Waals surface area (Å²) in [6.45, 7) is 2.71. The van der Waals surface area contributed by atoms with Crippen LogP contribution in [0.4, 0.5) is 11.6 Å². The van der Waals surface area contributed by atoms with Crippen LogP contribution in [0.15, 0.2) is 35.6 Å². The fourth-order valence-electron chi connectivity index (χ4n) is 4.48. The quantitative estimate of drug-likeness (QED) is 0.439. The van der Waals surface area contributed by atoms with E-state index in [0.29, 0.717) is 43.0 Å². The van der Waals surface area contributed by atoms with Crippen molar-refractivity contribution >= 4 is 32.8 Å². The minimum absolute atomic E-state index is 0.144. The Morgan fingerprint density at radius 3 is 2.46 bits per heavy atom. The van der Waals surface area contributed by atoms with E-state index in [4.69, 9.17) is 0 Å². The molecule has 0 radical (unpaired) electrons. The van der Waals surface area contributed by atoms with Crippen LogP contribution in [0.1, 0.15) is 24.4 Å². The summed E-state index contributed by atoms with van der Waals surface area (Å²) in [7, 11) is 0.299. The molecule has 35 heavy (non-hydrogen) atoms. The molecule has 1 saturated heterocycles. The number of sulfonamides is 1. The average Bonchev–Trinajstić information content (AvgIpc) is 3.36. The molecule has 13 heteroatoms. The predicted molar refractivity (Wildman–Crippen MR) is 132 cm³/mol.